The molecule has 4 rings (SSSR count). The van der Waals surface area contributed by atoms with Crippen LogP contribution in [0.1, 0.15) is 10.4 Å². The minimum atomic E-state index is -0.930. The van der Waals surface area contributed by atoms with Crippen molar-refractivity contribution in [3.8, 4) is 5.88 Å². The van der Waals surface area contributed by atoms with Crippen molar-refractivity contribution in [2.75, 3.05) is 5.32 Å². The normalized spacial score (nSPS) is 11.0. The maximum absolute atomic E-state index is 12.5. The number of fused-ring (bicyclic) bond motifs is 1. The van der Waals surface area contributed by atoms with Crippen molar-refractivity contribution < 1.29 is 19.6 Å². The van der Waals surface area contributed by atoms with E-state index < -0.39 is 16.5 Å². The van der Waals surface area contributed by atoms with Gasteiger partial charge in [0.15, 0.2) is 5.69 Å². The minimum absolute atomic E-state index is 0.0231. The van der Waals surface area contributed by atoms with Crippen LogP contribution in [0.2, 0.25) is 0 Å². The second-order valence-corrected chi connectivity index (χ2v) is 6.97. The molecule has 164 valence electrons. The molecule has 1 aromatic heterocycles. The van der Waals surface area contributed by atoms with Gasteiger partial charge in [-0.2, -0.15) is 0 Å². The lowest BCUT2D eigenvalue weighted by atomic mass is 10.2. The molecule has 2 N–H and O–H groups in total. The Morgan fingerprint density at radius 3 is 2.39 bits per heavy atom. The second-order valence-electron chi connectivity index (χ2n) is 6.97. The minimum Gasteiger partial charge on any atom is -0.493 e. The zero-order valence-corrected chi connectivity index (χ0v) is 17.1. The van der Waals surface area contributed by atoms with Crippen LogP contribution in [-0.4, -0.2) is 26.4 Å². The fraction of sp³-hybridized carbons (Fsp3) is 0.0435. The molecular weight excluding hydrogens is 426 g/mol. The number of aromatic nitrogens is 1. The van der Waals surface area contributed by atoms with Gasteiger partial charge in [0.1, 0.15) is 12.1 Å². The predicted octanol–water partition coefficient (Wildman–Crippen LogP) is 4.82. The number of azo groups is 1. The number of amides is 2. The lowest BCUT2D eigenvalue weighted by molar-refractivity contribution is -0.385. The Hall–Kier alpha value is -4.86. The third kappa shape index (κ3) is 4.44. The van der Waals surface area contributed by atoms with Gasteiger partial charge in [-0.05, 0) is 24.3 Å². The highest BCUT2D eigenvalue weighted by Crippen LogP contribution is 2.39. The number of nitrogens with one attached hydrogen (secondary N) is 1. The fourth-order valence-electron chi connectivity index (χ4n) is 3.36. The van der Waals surface area contributed by atoms with Gasteiger partial charge in [0.25, 0.3) is 5.69 Å². The van der Waals surface area contributed by atoms with E-state index >= 15 is 0 Å². The zero-order chi connectivity index (χ0) is 23.4. The number of nitro benzene ring substituents is 1. The van der Waals surface area contributed by atoms with Crippen molar-refractivity contribution in [3.05, 3.63) is 94.5 Å². The largest absolute Gasteiger partial charge is 0.493 e. The molecule has 0 bridgehead atoms. The van der Waals surface area contributed by atoms with Crippen molar-refractivity contribution in [2.45, 2.75) is 6.54 Å². The summed E-state index contributed by atoms with van der Waals surface area (Å²) in [7, 11) is 0. The molecule has 1 heterocycles. The summed E-state index contributed by atoms with van der Waals surface area (Å²) in [6, 6.07) is 21.0. The van der Waals surface area contributed by atoms with Gasteiger partial charge >= 0.3 is 5.91 Å². The Bertz CT molecular complexity index is 1400. The maximum Gasteiger partial charge on any atom is 0.302 e. The van der Waals surface area contributed by atoms with Gasteiger partial charge in [0.2, 0.25) is 11.8 Å². The summed E-state index contributed by atoms with van der Waals surface area (Å²) in [6.07, 6.45) is 0. The van der Waals surface area contributed by atoms with Crippen molar-refractivity contribution in [1.82, 2.24) is 4.57 Å². The number of nitrogens with zero attached hydrogens (tertiary/aromatic N) is 4. The third-order valence-electron chi connectivity index (χ3n) is 4.85. The number of aromatic hydroxyl groups is 1. The summed E-state index contributed by atoms with van der Waals surface area (Å²) in [5, 5.41) is 32.6. The van der Waals surface area contributed by atoms with Crippen LogP contribution in [0.4, 0.5) is 17.1 Å². The van der Waals surface area contributed by atoms with Crippen molar-refractivity contribution in [3.63, 3.8) is 0 Å². The quantitative estimate of drug-likeness (QED) is 0.250. The zero-order valence-electron chi connectivity index (χ0n) is 17.1. The molecule has 10 nitrogen and oxygen atoms in total. The van der Waals surface area contributed by atoms with Crippen LogP contribution in [0.5, 0.6) is 5.88 Å². The van der Waals surface area contributed by atoms with Crippen LogP contribution < -0.4 is 5.32 Å². The van der Waals surface area contributed by atoms with Crippen LogP contribution >= 0.6 is 0 Å². The molecule has 33 heavy (non-hydrogen) atoms. The number of carbonyl (C=O) groups excluding carboxylic acids is 2. The molecule has 0 unspecified atom stereocenters. The van der Waals surface area contributed by atoms with Gasteiger partial charge in [-0.15, -0.1) is 10.2 Å². The smallest absolute Gasteiger partial charge is 0.302 e. The number of carbonyl (C=O) groups is 2. The molecule has 3 aromatic carbocycles. The molecule has 0 saturated carbocycles. The van der Waals surface area contributed by atoms with E-state index in [1.54, 1.807) is 48.5 Å². The lowest BCUT2D eigenvalue weighted by Crippen LogP contribution is -2.18. The molecule has 0 aliphatic carbocycles. The van der Waals surface area contributed by atoms with E-state index in [2.05, 4.69) is 15.5 Å². The highest BCUT2D eigenvalue weighted by atomic mass is 16.6. The van der Waals surface area contributed by atoms with Gasteiger partial charge < -0.3 is 15.0 Å². The summed E-state index contributed by atoms with van der Waals surface area (Å²) in [4.78, 5) is 35.5. The summed E-state index contributed by atoms with van der Waals surface area (Å²) in [6.45, 7) is -0.213. The molecule has 0 atom stereocenters. The summed E-state index contributed by atoms with van der Waals surface area (Å²) >= 11 is 0. The SMILES string of the molecule is O=C(Cn1c(O)c(N=NC(=O)c2ccccc2[N+](=O)[O-])c2ccccc21)Nc1ccccc1. The number of rotatable bonds is 6. The second kappa shape index (κ2) is 9.10. The van der Waals surface area contributed by atoms with Crippen LogP contribution in [0.25, 0.3) is 10.9 Å². The summed E-state index contributed by atoms with van der Waals surface area (Å²) in [5.74, 6) is -1.67. The average Bonchev–Trinajstić information content (AvgIpc) is 3.08. The summed E-state index contributed by atoms with van der Waals surface area (Å²) < 4.78 is 1.34. The van der Waals surface area contributed by atoms with Gasteiger partial charge in [0, 0.05) is 17.1 Å². The molecule has 4 aromatic rings. The highest BCUT2D eigenvalue weighted by Gasteiger charge is 2.21. The van der Waals surface area contributed by atoms with Crippen LogP contribution in [0.15, 0.2) is 89.1 Å². The first-order valence-corrected chi connectivity index (χ1v) is 9.80. The fourth-order valence-corrected chi connectivity index (χ4v) is 3.36. The van der Waals surface area contributed by atoms with Crippen LogP contribution in [0, 0.1) is 10.1 Å². The molecule has 0 saturated heterocycles. The van der Waals surface area contributed by atoms with Gasteiger partial charge in [-0.25, -0.2) is 0 Å². The molecule has 0 aliphatic rings. The van der Waals surface area contributed by atoms with E-state index in [4.69, 9.17) is 0 Å². The van der Waals surface area contributed by atoms with Crippen molar-refractivity contribution >= 4 is 39.8 Å². The molecule has 0 radical (unpaired) electrons. The van der Waals surface area contributed by atoms with Gasteiger partial charge in [-0.3, -0.25) is 19.7 Å². The average molecular weight is 443 g/mol. The monoisotopic (exact) mass is 443 g/mol. The van der Waals surface area contributed by atoms with E-state index in [0.717, 1.165) is 0 Å². The molecule has 10 heteroatoms. The number of para-hydroxylation sites is 3. The third-order valence-corrected chi connectivity index (χ3v) is 4.85. The van der Waals surface area contributed by atoms with E-state index in [1.165, 1.54) is 28.8 Å². The molecule has 2 amide bonds. The van der Waals surface area contributed by atoms with Gasteiger partial charge in [0.05, 0.1) is 10.4 Å². The topological polar surface area (TPSA) is 139 Å². The molecular formula is C23H17N5O5. The molecule has 0 spiro atoms. The first-order chi connectivity index (χ1) is 16.0. The Kier molecular flexibility index (Phi) is 5.90. The number of hydrogen-bond acceptors (Lipinski definition) is 6. The standard InChI is InChI=1S/C23H17N5O5/c29-20(24-15-8-2-1-3-9-15)14-27-18-12-6-4-10-16(18)21(23(27)31)25-26-22(30)17-11-5-7-13-19(17)28(32)33/h1-13,31H,14H2,(H,24,29). The van der Waals surface area contributed by atoms with Crippen molar-refractivity contribution in [1.29, 1.82) is 0 Å². The van der Waals surface area contributed by atoms with E-state index in [9.17, 15) is 24.8 Å². The van der Waals surface area contributed by atoms with Crippen LogP contribution in [-0.2, 0) is 11.3 Å². The Balaban J connectivity index is 1.65. The maximum atomic E-state index is 12.5. The highest BCUT2D eigenvalue weighted by molar-refractivity contribution is 6.00. The van der Waals surface area contributed by atoms with Gasteiger partial charge in [-0.1, -0.05) is 48.5 Å². The van der Waals surface area contributed by atoms with Crippen LogP contribution in [0.3, 0.4) is 0 Å². The molecule has 0 fully saturated rings. The predicted molar refractivity (Wildman–Crippen MR) is 121 cm³/mol. The summed E-state index contributed by atoms with van der Waals surface area (Å²) in [5.41, 5.74) is 0.464. The number of benzene rings is 3. The Morgan fingerprint density at radius 1 is 0.970 bits per heavy atom. The Morgan fingerprint density at radius 2 is 1.64 bits per heavy atom. The number of nitro groups is 1. The van der Waals surface area contributed by atoms with E-state index in [0.29, 0.717) is 16.6 Å². The van der Waals surface area contributed by atoms with E-state index in [1.807, 2.05) is 6.07 Å². The first-order valence-electron chi connectivity index (χ1n) is 9.80. The molecule has 0 aliphatic heterocycles. The lowest BCUT2D eigenvalue weighted by Gasteiger charge is -2.08. The number of anilines is 1. The number of hydrogen-bond donors (Lipinski definition) is 2. The van der Waals surface area contributed by atoms with E-state index in [-0.39, 0.29) is 29.6 Å². The Labute approximate surface area is 187 Å². The first kappa shape index (κ1) is 21.4. The van der Waals surface area contributed by atoms with Crippen molar-refractivity contribution in [2.24, 2.45) is 10.2 Å².